The molecule has 0 saturated heterocycles. The van der Waals surface area contributed by atoms with E-state index in [0.29, 0.717) is 24.8 Å². The number of rotatable bonds is 7. The van der Waals surface area contributed by atoms with Gasteiger partial charge in [0.15, 0.2) is 0 Å². The molecule has 2 rings (SSSR count). The van der Waals surface area contributed by atoms with Crippen LogP contribution in [0.25, 0.3) is 6.08 Å². The standard InChI is InChI=1S/C21H26N2O3/c1-21(2,3)17-10-7-16(8-11-17)9-12-19(24)23-18-6-5-13-22-20(18)26-15-14-25-4/h5-13H,14-15H2,1-4H3,(H,23,24)/b12-9+. The molecule has 5 heteroatoms. The number of benzene rings is 1. The van der Waals surface area contributed by atoms with Gasteiger partial charge in [-0.1, -0.05) is 45.0 Å². The molecular formula is C21H26N2O3. The monoisotopic (exact) mass is 354 g/mol. The molecule has 0 aliphatic heterocycles. The number of nitrogens with zero attached hydrogens (tertiary/aromatic N) is 1. The lowest BCUT2D eigenvalue weighted by molar-refractivity contribution is -0.111. The fourth-order valence-corrected chi connectivity index (χ4v) is 2.26. The summed E-state index contributed by atoms with van der Waals surface area (Å²) in [7, 11) is 1.60. The van der Waals surface area contributed by atoms with Crippen LogP contribution in [0.4, 0.5) is 5.69 Å². The lowest BCUT2D eigenvalue weighted by atomic mass is 9.87. The van der Waals surface area contributed by atoms with E-state index in [-0.39, 0.29) is 11.3 Å². The Morgan fingerprint density at radius 1 is 1.15 bits per heavy atom. The molecule has 0 aliphatic carbocycles. The molecule has 0 radical (unpaired) electrons. The van der Waals surface area contributed by atoms with E-state index in [0.717, 1.165) is 5.56 Å². The minimum Gasteiger partial charge on any atom is -0.474 e. The topological polar surface area (TPSA) is 60.5 Å². The molecular weight excluding hydrogens is 328 g/mol. The largest absolute Gasteiger partial charge is 0.474 e. The molecule has 0 spiro atoms. The van der Waals surface area contributed by atoms with Gasteiger partial charge in [-0.25, -0.2) is 4.98 Å². The van der Waals surface area contributed by atoms with Crippen LogP contribution >= 0.6 is 0 Å². The minimum absolute atomic E-state index is 0.110. The minimum atomic E-state index is -0.241. The molecule has 0 aliphatic rings. The average Bonchev–Trinajstić information content (AvgIpc) is 2.61. The molecule has 1 heterocycles. The van der Waals surface area contributed by atoms with E-state index in [1.807, 2.05) is 12.1 Å². The van der Waals surface area contributed by atoms with Crippen molar-refractivity contribution in [3.05, 3.63) is 59.8 Å². The lowest BCUT2D eigenvalue weighted by Gasteiger charge is -2.18. The van der Waals surface area contributed by atoms with Gasteiger partial charge in [0, 0.05) is 19.4 Å². The first-order chi connectivity index (χ1) is 12.4. The van der Waals surface area contributed by atoms with Crippen molar-refractivity contribution >= 4 is 17.7 Å². The Balaban J connectivity index is 1.99. The molecule has 1 amide bonds. The lowest BCUT2D eigenvalue weighted by Crippen LogP contribution is -2.12. The SMILES string of the molecule is COCCOc1ncccc1NC(=O)/C=C/c1ccc(C(C)(C)C)cc1. The average molecular weight is 354 g/mol. The highest BCUT2D eigenvalue weighted by molar-refractivity contribution is 6.02. The Labute approximate surface area is 155 Å². The molecule has 0 saturated carbocycles. The molecule has 138 valence electrons. The van der Waals surface area contributed by atoms with Crippen molar-refractivity contribution < 1.29 is 14.3 Å². The maximum Gasteiger partial charge on any atom is 0.248 e. The van der Waals surface area contributed by atoms with E-state index in [1.54, 1.807) is 31.5 Å². The maximum atomic E-state index is 12.2. The van der Waals surface area contributed by atoms with E-state index < -0.39 is 0 Å². The second-order valence-corrected chi connectivity index (χ2v) is 6.89. The van der Waals surface area contributed by atoms with Gasteiger partial charge in [0.05, 0.1) is 6.61 Å². The molecule has 1 aromatic heterocycles. The highest BCUT2D eigenvalue weighted by Gasteiger charge is 2.12. The number of nitrogens with one attached hydrogen (secondary N) is 1. The van der Waals surface area contributed by atoms with Crippen LogP contribution in [0.15, 0.2) is 48.7 Å². The number of hydrogen-bond acceptors (Lipinski definition) is 4. The number of ether oxygens (including phenoxy) is 2. The number of aromatic nitrogens is 1. The zero-order valence-electron chi connectivity index (χ0n) is 15.8. The van der Waals surface area contributed by atoms with Crippen molar-refractivity contribution in [2.45, 2.75) is 26.2 Å². The normalized spacial score (nSPS) is 11.5. The first kappa shape index (κ1) is 19.7. The zero-order chi connectivity index (χ0) is 19.0. The fraction of sp³-hybridized carbons (Fsp3) is 0.333. The summed E-state index contributed by atoms with van der Waals surface area (Å²) >= 11 is 0. The smallest absolute Gasteiger partial charge is 0.248 e. The van der Waals surface area contributed by atoms with Crippen LogP contribution in [0.1, 0.15) is 31.9 Å². The third kappa shape index (κ3) is 6.01. The first-order valence-electron chi connectivity index (χ1n) is 8.56. The van der Waals surface area contributed by atoms with E-state index in [4.69, 9.17) is 9.47 Å². The van der Waals surface area contributed by atoms with Crippen LogP contribution in [-0.4, -0.2) is 31.2 Å². The van der Waals surface area contributed by atoms with Gasteiger partial charge < -0.3 is 14.8 Å². The highest BCUT2D eigenvalue weighted by Crippen LogP contribution is 2.23. The van der Waals surface area contributed by atoms with Crippen LogP contribution in [0.3, 0.4) is 0 Å². The van der Waals surface area contributed by atoms with Crippen molar-refractivity contribution in [3.8, 4) is 5.88 Å². The second-order valence-electron chi connectivity index (χ2n) is 6.89. The number of carbonyl (C=O) groups is 1. The van der Waals surface area contributed by atoms with E-state index in [9.17, 15) is 4.79 Å². The zero-order valence-corrected chi connectivity index (χ0v) is 15.8. The summed E-state index contributed by atoms with van der Waals surface area (Å²) < 4.78 is 10.5. The van der Waals surface area contributed by atoms with Crippen molar-refractivity contribution in [1.29, 1.82) is 0 Å². The van der Waals surface area contributed by atoms with E-state index in [2.05, 4.69) is 43.2 Å². The third-order valence-electron chi connectivity index (χ3n) is 3.76. The summed E-state index contributed by atoms with van der Waals surface area (Å²) in [4.78, 5) is 16.3. The number of anilines is 1. The summed E-state index contributed by atoms with van der Waals surface area (Å²) in [6.45, 7) is 7.34. The molecule has 5 nitrogen and oxygen atoms in total. The van der Waals surface area contributed by atoms with Gasteiger partial charge in [0.1, 0.15) is 12.3 Å². The van der Waals surface area contributed by atoms with Gasteiger partial charge in [-0.3, -0.25) is 4.79 Å². The Morgan fingerprint density at radius 2 is 1.88 bits per heavy atom. The van der Waals surface area contributed by atoms with Gasteiger partial charge in [0.2, 0.25) is 11.8 Å². The van der Waals surface area contributed by atoms with Crippen LogP contribution < -0.4 is 10.1 Å². The van der Waals surface area contributed by atoms with Crippen LogP contribution in [0.5, 0.6) is 5.88 Å². The number of pyridine rings is 1. The molecule has 1 N–H and O–H groups in total. The number of carbonyl (C=O) groups excluding carboxylic acids is 1. The second kappa shape index (κ2) is 9.15. The quantitative estimate of drug-likeness (QED) is 0.602. The summed E-state index contributed by atoms with van der Waals surface area (Å²) in [5.41, 5.74) is 2.86. The Morgan fingerprint density at radius 3 is 2.54 bits per heavy atom. The first-order valence-corrected chi connectivity index (χ1v) is 8.56. The Kier molecular flexibility index (Phi) is 6.92. The predicted molar refractivity (Wildman–Crippen MR) is 104 cm³/mol. The molecule has 2 aromatic rings. The fourth-order valence-electron chi connectivity index (χ4n) is 2.26. The number of hydrogen-bond donors (Lipinski definition) is 1. The number of amides is 1. The summed E-state index contributed by atoms with van der Waals surface area (Å²) in [6, 6.07) is 11.7. The Bertz CT molecular complexity index is 747. The van der Waals surface area contributed by atoms with Gasteiger partial charge in [-0.2, -0.15) is 0 Å². The van der Waals surface area contributed by atoms with Crippen molar-refractivity contribution in [3.63, 3.8) is 0 Å². The third-order valence-corrected chi connectivity index (χ3v) is 3.76. The van der Waals surface area contributed by atoms with E-state index in [1.165, 1.54) is 11.6 Å². The summed E-state index contributed by atoms with van der Waals surface area (Å²) in [5.74, 6) is 0.135. The summed E-state index contributed by atoms with van der Waals surface area (Å²) in [6.07, 6.45) is 4.89. The maximum absolute atomic E-state index is 12.2. The van der Waals surface area contributed by atoms with Gasteiger partial charge in [-0.15, -0.1) is 0 Å². The molecule has 0 unspecified atom stereocenters. The van der Waals surface area contributed by atoms with Gasteiger partial charge in [-0.05, 0) is 34.8 Å². The van der Waals surface area contributed by atoms with Gasteiger partial charge >= 0.3 is 0 Å². The van der Waals surface area contributed by atoms with Crippen LogP contribution in [-0.2, 0) is 14.9 Å². The van der Waals surface area contributed by atoms with Crippen molar-refractivity contribution in [1.82, 2.24) is 4.98 Å². The molecule has 0 bridgehead atoms. The van der Waals surface area contributed by atoms with Crippen molar-refractivity contribution in [2.75, 3.05) is 25.6 Å². The number of methoxy groups -OCH3 is 1. The van der Waals surface area contributed by atoms with Gasteiger partial charge in [0.25, 0.3) is 0 Å². The van der Waals surface area contributed by atoms with Crippen LogP contribution in [0, 0.1) is 0 Å². The molecule has 0 fully saturated rings. The van der Waals surface area contributed by atoms with E-state index >= 15 is 0 Å². The molecule has 0 atom stereocenters. The Hall–Kier alpha value is -2.66. The van der Waals surface area contributed by atoms with Crippen LogP contribution in [0.2, 0.25) is 0 Å². The highest BCUT2D eigenvalue weighted by atomic mass is 16.5. The molecule has 1 aromatic carbocycles. The molecule has 26 heavy (non-hydrogen) atoms. The predicted octanol–water partition coefficient (Wildman–Crippen LogP) is 4.06. The van der Waals surface area contributed by atoms with Crippen molar-refractivity contribution in [2.24, 2.45) is 0 Å². The summed E-state index contributed by atoms with van der Waals surface area (Å²) in [5, 5.41) is 2.79.